The van der Waals surface area contributed by atoms with Crippen molar-refractivity contribution in [3.63, 3.8) is 0 Å². The summed E-state index contributed by atoms with van der Waals surface area (Å²) >= 11 is 0. The van der Waals surface area contributed by atoms with Gasteiger partial charge in [-0.05, 0) is 6.42 Å². The molecule has 3 rings (SSSR count). The minimum Gasteiger partial charge on any atom is -0.347 e. The van der Waals surface area contributed by atoms with Gasteiger partial charge in [0.2, 0.25) is 5.91 Å². The van der Waals surface area contributed by atoms with Crippen molar-refractivity contribution >= 4 is 11.7 Å². The number of rotatable bonds is 3. The predicted molar refractivity (Wildman–Crippen MR) is 69.5 cm³/mol. The molecule has 3 heterocycles. The number of fused-ring (bicyclic) bond motifs is 1. The number of imidazole rings is 1. The number of aromatic amines is 2. The molecule has 7 nitrogen and oxygen atoms in total. The number of nitrogens with zero attached hydrogens (tertiary/aromatic N) is 2. The van der Waals surface area contributed by atoms with Crippen LogP contribution in [-0.4, -0.2) is 32.1 Å². The van der Waals surface area contributed by atoms with Crippen molar-refractivity contribution in [1.82, 2.24) is 25.5 Å². The number of hydrogen-bond donors (Lipinski definition) is 4. The van der Waals surface area contributed by atoms with Gasteiger partial charge < -0.3 is 10.3 Å². The third-order valence-corrected chi connectivity index (χ3v) is 3.31. The van der Waals surface area contributed by atoms with E-state index in [1.807, 2.05) is 13.0 Å². The fourth-order valence-corrected chi connectivity index (χ4v) is 2.17. The quantitative estimate of drug-likeness (QED) is 0.640. The van der Waals surface area contributed by atoms with E-state index in [-0.39, 0.29) is 11.9 Å². The summed E-state index contributed by atoms with van der Waals surface area (Å²) in [7, 11) is 0. The van der Waals surface area contributed by atoms with Crippen LogP contribution in [0.1, 0.15) is 24.0 Å². The van der Waals surface area contributed by atoms with Gasteiger partial charge in [-0.1, -0.05) is 6.92 Å². The zero-order chi connectivity index (χ0) is 13.2. The molecular weight excluding hydrogens is 244 g/mol. The summed E-state index contributed by atoms with van der Waals surface area (Å²) in [4.78, 5) is 19.4. The Bertz CT molecular complexity index is 587. The molecule has 2 aromatic rings. The molecule has 1 atom stereocenters. The van der Waals surface area contributed by atoms with Crippen molar-refractivity contribution in [2.24, 2.45) is 0 Å². The van der Waals surface area contributed by atoms with Crippen LogP contribution in [-0.2, 0) is 24.2 Å². The number of aromatic nitrogens is 4. The van der Waals surface area contributed by atoms with Gasteiger partial charge in [0.15, 0.2) is 5.82 Å². The van der Waals surface area contributed by atoms with Crippen molar-refractivity contribution in [2.75, 3.05) is 5.32 Å². The largest absolute Gasteiger partial charge is 0.347 e. The summed E-state index contributed by atoms with van der Waals surface area (Å²) in [6.07, 6.45) is 3.12. The Morgan fingerprint density at radius 1 is 1.58 bits per heavy atom. The van der Waals surface area contributed by atoms with E-state index in [1.54, 1.807) is 6.33 Å². The van der Waals surface area contributed by atoms with Crippen LogP contribution in [0.4, 0.5) is 5.82 Å². The zero-order valence-corrected chi connectivity index (χ0v) is 10.7. The second-order valence-electron chi connectivity index (χ2n) is 4.59. The van der Waals surface area contributed by atoms with Crippen LogP contribution in [0.15, 0.2) is 12.4 Å². The lowest BCUT2D eigenvalue weighted by Gasteiger charge is -2.21. The number of carbonyl (C=O) groups is 1. The number of nitrogens with one attached hydrogen (secondary N) is 4. The predicted octanol–water partition coefficient (Wildman–Crippen LogP) is 0.348. The average molecular weight is 260 g/mol. The van der Waals surface area contributed by atoms with Gasteiger partial charge in [-0.2, -0.15) is 5.10 Å². The monoisotopic (exact) mass is 260 g/mol. The molecular formula is C12H16N6O. The smallest absolute Gasteiger partial charge is 0.243 e. The Morgan fingerprint density at radius 3 is 3.26 bits per heavy atom. The molecule has 1 aliphatic heterocycles. The highest BCUT2D eigenvalue weighted by atomic mass is 16.2. The Hall–Kier alpha value is -2.15. The fraction of sp³-hybridized carbons (Fsp3) is 0.417. The minimum absolute atomic E-state index is 0.0807. The summed E-state index contributed by atoms with van der Waals surface area (Å²) in [5, 5.41) is 12.9. The first-order chi connectivity index (χ1) is 9.26. The van der Waals surface area contributed by atoms with Crippen LogP contribution in [0.5, 0.6) is 0 Å². The lowest BCUT2D eigenvalue weighted by atomic mass is 10.0. The van der Waals surface area contributed by atoms with E-state index in [2.05, 4.69) is 30.8 Å². The maximum Gasteiger partial charge on any atom is 0.243 e. The van der Waals surface area contributed by atoms with Gasteiger partial charge in [-0.15, -0.1) is 0 Å². The number of anilines is 1. The fourth-order valence-electron chi connectivity index (χ4n) is 2.17. The first-order valence-electron chi connectivity index (χ1n) is 6.36. The molecule has 1 amide bonds. The molecule has 100 valence electrons. The molecule has 0 bridgehead atoms. The van der Waals surface area contributed by atoms with E-state index in [1.165, 1.54) is 0 Å². The minimum atomic E-state index is -0.266. The van der Waals surface area contributed by atoms with Crippen LogP contribution >= 0.6 is 0 Å². The number of H-pyrrole nitrogens is 2. The van der Waals surface area contributed by atoms with Crippen molar-refractivity contribution in [3.8, 4) is 0 Å². The average Bonchev–Trinajstić information content (AvgIpc) is 3.05. The Morgan fingerprint density at radius 2 is 2.47 bits per heavy atom. The van der Waals surface area contributed by atoms with Crippen molar-refractivity contribution in [1.29, 1.82) is 0 Å². The zero-order valence-electron chi connectivity index (χ0n) is 10.7. The molecule has 0 aliphatic carbocycles. The Kier molecular flexibility index (Phi) is 3.04. The summed E-state index contributed by atoms with van der Waals surface area (Å²) in [6.45, 7) is 2.66. The van der Waals surface area contributed by atoms with E-state index in [0.29, 0.717) is 18.8 Å². The van der Waals surface area contributed by atoms with Crippen LogP contribution in [0.2, 0.25) is 0 Å². The second kappa shape index (κ2) is 4.85. The first-order valence-corrected chi connectivity index (χ1v) is 6.36. The third kappa shape index (κ3) is 2.37. The number of amides is 1. The van der Waals surface area contributed by atoms with E-state index >= 15 is 0 Å². The lowest BCUT2D eigenvalue weighted by molar-refractivity contribution is -0.118. The normalized spacial score (nSPS) is 18.1. The molecule has 19 heavy (non-hydrogen) atoms. The van der Waals surface area contributed by atoms with Gasteiger partial charge in [-0.25, -0.2) is 4.98 Å². The van der Waals surface area contributed by atoms with E-state index in [4.69, 9.17) is 0 Å². The number of hydrogen-bond acceptors (Lipinski definition) is 4. The first kappa shape index (κ1) is 11.9. The SMILES string of the molecule is CCc1cc(NC(=O)C2Cc3nc[nH]c3CN2)n[nH]1. The van der Waals surface area contributed by atoms with Gasteiger partial charge in [0.1, 0.15) is 0 Å². The molecule has 1 unspecified atom stereocenters. The topological polar surface area (TPSA) is 98.5 Å². The second-order valence-corrected chi connectivity index (χ2v) is 4.59. The molecule has 0 saturated carbocycles. The third-order valence-electron chi connectivity index (χ3n) is 3.31. The number of carbonyl (C=O) groups excluding carboxylic acids is 1. The summed E-state index contributed by atoms with van der Waals surface area (Å²) in [5.74, 6) is 0.485. The molecule has 0 spiro atoms. The van der Waals surface area contributed by atoms with Gasteiger partial charge in [0.05, 0.1) is 23.8 Å². The Balaban J connectivity index is 1.65. The highest BCUT2D eigenvalue weighted by molar-refractivity contribution is 5.94. The molecule has 7 heteroatoms. The molecule has 0 saturated heterocycles. The Labute approximate surface area is 110 Å². The standard InChI is InChI=1S/C12H16N6O/c1-2-7-3-11(18-17-7)16-12(19)9-4-8-10(5-13-9)15-6-14-8/h3,6,9,13H,2,4-5H2,1H3,(H,14,15)(H2,16,17,18,19). The van der Waals surface area contributed by atoms with Crippen LogP contribution in [0.25, 0.3) is 0 Å². The number of aryl methyl sites for hydroxylation is 1. The van der Waals surface area contributed by atoms with Gasteiger partial charge in [0, 0.05) is 24.7 Å². The molecule has 4 N–H and O–H groups in total. The molecule has 0 aromatic carbocycles. The van der Waals surface area contributed by atoms with E-state index in [0.717, 1.165) is 23.5 Å². The van der Waals surface area contributed by atoms with Gasteiger partial charge >= 0.3 is 0 Å². The highest BCUT2D eigenvalue weighted by Crippen LogP contribution is 2.14. The molecule has 2 aromatic heterocycles. The van der Waals surface area contributed by atoms with Crippen LogP contribution in [0.3, 0.4) is 0 Å². The van der Waals surface area contributed by atoms with Crippen LogP contribution < -0.4 is 10.6 Å². The van der Waals surface area contributed by atoms with Crippen molar-refractivity contribution in [2.45, 2.75) is 32.4 Å². The van der Waals surface area contributed by atoms with Gasteiger partial charge in [0.25, 0.3) is 0 Å². The van der Waals surface area contributed by atoms with Gasteiger partial charge in [-0.3, -0.25) is 15.2 Å². The summed E-state index contributed by atoms with van der Waals surface area (Å²) < 4.78 is 0. The summed E-state index contributed by atoms with van der Waals surface area (Å²) in [5.41, 5.74) is 3.01. The van der Waals surface area contributed by atoms with E-state index in [9.17, 15) is 4.79 Å². The lowest BCUT2D eigenvalue weighted by Crippen LogP contribution is -2.44. The highest BCUT2D eigenvalue weighted by Gasteiger charge is 2.26. The molecule has 0 radical (unpaired) electrons. The van der Waals surface area contributed by atoms with Crippen LogP contribution in [0, 0.1) is 0 Å². The summed E-state index contributed by atoms with van der Waals surface area (Å²) in [6, 6.07) is 1.58. The maximum atomic E-state index is 12.1. The van der Waals surface area contributed by atoms with Crippen molar-refractivity contribution < 1.29 is 4.79 Å². The van der Waals surface area contributed by atoms with E-state index < -0.39 is 0 Å². The molecule has 0 fully saturated rings. The maximum absolute atomic E-state index is 12.1. The van der Waals surface area contributed by atoms with Crippen molar-refractivity contribution in [3.05, 3.63) is 29.5 Å². The molecule has 1 aliphatic rings.